The van der Waals surface area contributed by atoms with Gasteiger partial charge in [-0.2, -0.15) is 0 Å². The molecule has 4 fully saturated rings. The molecule has 1 heterocycles. The summed E-state index contributed by atoms with van der Waals surface area (Å²) in [5.74, 6) is 1.83. The number of hydrogen-bond acceptors (Lipinski definition) is 2. The predicted molar refractivity (Wildman–Crippen MR) is 84.7 cm³/mol. The summed E-state index contributed by atoms with van der Waals surface area (Å²) < 4.78 is 0.810. The maximum atomic E-state index is 12.7. The Bertz CT molecular complexity index is 589. The SMILES string of the molecule is O=C(NNC(=O)C12CC3CC(CC(C3)C1)C2)c1cc(Br)c[nH]1. The Hall–Kier alpha value is -1.30. The van der Waals surface area contributed by atoms with Crippen molar-refractivity contribution in [3.05, 3.63) is 22.4 Å². The Morgan fingerprint density at radius 1 is 1.09 bits per heavy atom. The zero-order valence-electron chi connectivity index (χ0n) is 12.3. The normalized spacial score (nSPS) is 35.4. The van der Waals surface area contributed by atoms with Gasteiger partial charge < -0.3 is 4.98 Å². The molecule has 1 aromatic heterocycles. The van der Waals surface area contributed by atoms with E-state index in [1.165, 1.54) is 19.3 Å². The van der Waals surface area contributed by atoms with E-state index in [9.17, 15) is 9.59 Å². The number of rotatable bonds is 2. The fourth-order valence-electron chi connectivity index (χ4n) is 5.20. The van der Waals surface area contributed by atoms with Crippen LogP contribution in [0.4, 0.5) is 0 Å². The molecule has 4 aliphatic rings. The number of hydrogen-bond donors (Lipinski definition) is 3. The number of aromatic amines is 1. The first-order chi connectivity index (χ1) is 10.5. The first kappa shape index (κ1) is 14.3. The van der Waals surface area contributed by atoms with E-state index in [4.69, 9.17) is 0 Å². The molecule has 4 saturated carbocycles. The molecule has 5 nitrogen and oxygen atoms in total. The molecule has 2 amide bonds. The van der Waals surface area contributed by atoms with Crippen LogP contribution in [-0.4, -0.2) is 16.8 Å². The van der Waals surface area contributed by atoms with Crippen molar-refractivity contribution < 1.29 is 9.59 Å². The van der Waals surface area contributed by atoms with Crippen LogP contribution < -0.4 is 10.9 Å². The number of hydrazine groups is 1. The smallest absolute Gasteiger partial charge is 0.286 e. The highest BCUT2D eigenvalue weighted by Crippen LogP contribution is 2.59. The molecule has 0 spiro atoms. The van der Waals surface area contributed by atoms with Crippen LogP contribution in [0.3, 0.4) is 0 Å². The molecule has 0 aromatic carbocycles. The highest BCUT2D eigenvalue weighted by atomic mass is 79.9. The average Bonchev–Trinajstić information content (AvgIpc) is 2.89. The van der Waals surface area contributed by atoms with E-state index in [0.29, 0.717) is 23.4 Å². The van der Waals surface area contributed by atoms with E-state index in [1.54, 1.807) is 12.3 Å². The summed E-state index contributed by atoms with van der Waals surface area (Å²) in [7, 11) is 0. The van der Waals surface area contributed by atoms with Gasteiger partial charge >= 0.3 is 0 Å². The minimum atomic E-state index is -0.316. The van der Waals surface area contributed by atoms with Crippen molar-refractivity contribution in [2.45, 2.75) is 38.5 Å². The maximum Gasteiger partial charge on any atom is 0.286 e. The Morgan fingerprint density at radius 3 is 2.18 bits per heavy atom. The van der Waals surface area contributed by atoms with Crippen LogP contribution >= 0.6 is 15.9 Å². The molecule has 118 valence electrons. The van der Waals surface area contributed by atoms with Crippen molar-refractivity contribution in [1.29, 1.82) is 0 Å². The number of H-pyrrole nitrogens is 1. The van der Waals surface area contributed by atoms with E-state index in [2.05, 4.69) is 31.8 Å². The molecule has 5 rings (SSSR count). The molecule has 0 atom stereocenters. The summed E-state index contributed by atoms with van der Waals surface area (Å²) in [6.07, 6.45) is 8.58. The summed E-state index contributed by atoms with van der Waals surface area (Å²) in [6, 6.07) is 1.69. The van der Waals surface area contributed by atoms with E-state index in [-0.39, 0.29) is 17.2 Å². The van der Waals surface area contributed by atoms with E-state index < -0.39 is 0 Å². The number of carbonyl (C=O) groups is 2. The Labute approximate surface area is 137 Å². The zero-order valence-corrected chi connectivity index (χ0v) is 13.9. The minimum Gasteiger partial charge on any atom is -0.356 e. The van der Waals surface area contributed by atoms with Gasteiger partial charge in [0.25, 0.3) is 5.91 Å². The average molecular weight is 366 g/mol. The van der Waals surface area contributed by atoms with Gasteiger partial charge in [-0.1, -0.05) is 0 Å². The molecule has 1 aromatic rings. The molecule has 22 heavy (non-hydrogen) atoms. The quantitative estimate of drug-likeness (QED) is 0.705. The largest absolute Gasteiger partial charge is 0.356 e. The molecule has 0 aliphatic heterocycles. The van der Waals surface area contributed by atoms with Crippen molar-refractivity contribution in [2.24, 2.45) is 23.2 Å². The highest BCUT2D eigenvalue weighted by Gasteiger charge is 2.54. The second kappa shape index (κ2) is 5.11. The fourth-order valence-corrected chi connectivity index (χ4v) is 5.54. The van der Waals surface area contributed by atoms with Crippen LogP contribution in [0.5, 0.6) is 0 Å². The lowest BCUT2D eigenvalue weighted by molar-refractivity contribution is -0.147. The van der Waals surface area contributed by atoms with E-state index in [0.717, 1.165) is 23.7 Å². The second-order valence-electron chi connectivity index (χ2n) is 7.34. The fraction of sp³-hybridized carbons (Fsp3) is 0.625. The van der Waals surface area contributed by atoms with E-state index >= 15 is 0 Å². The molecule has 4 aliphatic carbocycles. The summed E-state index contributed by atoms with van der Waals surface area (Å²) in [4.78, 5) is 27.6. The molecule has 4 bridgehead atoms. The molecule has 6 heteroatoms. The standard InChI is InChI=1S/C16H20BrN3O2/c17-12-4-13(18-8-12)14(21)19-20-15(22)16-5-9-1-10(6-16)3-11(2-9)7-16/h4,8-11,18H,1-3,5-7H2,(H,19,21)(H,20,22). The van der Waals surface area contributed by atoms with Crippen molar-refractivity contribution in [3.8, 4) is 0 Å². The summed E-state index contributed by atoms with van der Waals surface area (Å²) in [5.41, 5.74) is 5.41. The number of carbonyl (C=O) groups excluding carboxylic acids is 2. The lowest BCUT2D eigenvalue weighted by Crippen LogP contribution is -2.56. The predicted octanol–water partition coefficient (Wildman–Crippen LogP) is 2.75. The van der Waals surface area contributed by atoms with Gasteiger partial charge in [-0.3, -0.25) is 20.4 Å². The van der Waals surface area contributed by atoms with Crippen LogP contribution in [0.2, 0.25) is 0 Å². The Balaban J connectivity index is 1.41. The number of nitrogens with one attached hydrogen (secondary N) is 3. The Kier molecular flexibility index (Phi) is 3.33. The van der Waals surface area contributed by atoms with Crippen molar-refractivity contribution in [1.82, 2.24) is 15.8 Å². The van der Waals surface area contributed by atoms with Crippen LogP contribution in [0.1, 0.15) is 49.0 Å². The van der Waals surface area contributed by atoms with Crippen molar-refractivity contribution >= 4 is 27.7 Å². The molecule has 3 N–H and O–H groups in total. The molecule has 0 saturated heterocycles. The van der Waals surface area contributed by atoms with Gasteiger partial charge in [-0.25, -0.2) is 0 Å². The molecular weight excluding hydrogens is 346 g/mol. The Morgan fingerprint density at radius 2 is 1.68 bits per heavy atom. The monoisotopic (exact) mass is 365 g/mol. The summed E-state index contributed by atoms with van der Waals surface area (Å²) in [6.45, 7) is 0. The van der Waals surface area contributed by atoms with Gasteiger partial charge in [-0.15, -0.1) is 0 Å². The highest BCUT2D eigenvalue weighted by molar-refractivity contribution is 9.10. The number of halogens is 1. The minimum absolute atomic E-state index is 0.00516. The van der Waals surface area contributed by atoms with Crippen LogP contribution in [-0.2, 0) is 4.79 Å². The van der Waals surface area contributed by atoms with Gasteiger partial charge in [0.1, 0.15) is 5.69 Å². The first-order valence-corrected chi connectivity index (χ1v) is 8.78. The van der Waals surface area contributed by atoms with Crippen LogP contribution in [0.15, 0.2) is 16.7 Å². The molecule has 0 unspecified atom stereocenters. The molecular formula is C16H20BrN3O2. The third kappa shape index (κ3) is 2.37. The van der Waals surface area contributed by atoms with Gasteiger partial charge in [-0.05, 0) is 78.3 Å². The second-order valence-corrected chi connectivity index (χ2v) is 8.25. The first-order valence-electron chi connectivity index (χ1n) is 7.99. The summed E-state index contributed by atoms with van der Waals surface area (Å²) in [5, 5.41) is 0. The summed E-state index contributed by atoms with van der Waals surface area (Å²) >= 11 is 3.29. The van der Waals surface area contributed by atoms with Crippen molar-refractivity contribution in [3.63, 3.8) is 0 Å². The number of aromatic nitrogens is 1. The third-order valence-electron chi connectivity index (χ3n) is 5.70. The topological polar surface area (TPSA) is 74.0 Å². The van der Waals surface area contributed by atoms with Gasteiger partial charge in [0.05, 0.1) is 5.41 Å². The molecule has 0 radical (unpaired) electrons. The van der Waals surface area contributed by atoms with Gasteiger partial charge in [0, 0.05) is 10.7 Å². The lowest BCUT2D eigenvalue weighted by atomic mass is 9.49. The maximum absolute atomic E-state index is 12.7. The number of amides is 2. The van der Waals surface area contributed by atoms with Crippen LogP contribution in [0, 0.1) is 23.2 Å². The van der Waals surface area contributed by atoms with Gasteiger partial charge in [0.15, 0.2) is 0 Å². The third-order valence-corrected chi connectivity index (χ3v) is 6.16. The lowest BCUT2D eigenvalue weighted by Gasteiger charge is -2.55. The van der Waals surface area contributed by atoms with Crippen LogP contribution in [0.25, 0.3) is 0 Å². The van der Waals surface area contributed by atoms with Gasteiger partial charge in [0.2, 0.25) is 5.91 Å². The van der Waals surface area contributed by atoms with E-state index in [1.807, 2.05) is 0 Å². The zero-order chi connectivity index (χ0) is 15.3. The van der Waals surface area contributed by atoms with Crippen molar-refractivity contribution in [2.75, 3.05) is 0 Å².